The lowest BCUT2D eigenvalue weighted by Gasteiger charge is -2.05. The van der Waals surface area contributed by atoms with Gasteiger partial charge in [0.15, 0.2) is 0 Å². The summed E-state index contributed by atoms with van der Waals surface area (Å²) >= 11 is 5.93. The zero-order chi connectivity index (χ0) is 19.2. The molecule has 6 nitrogen and oxygen atoms in total. The maximum Gasteiger partial charge on any atom is 0.248 e. The van der Waals surface area contributed by atoms with Gasteiger partial charge in [0, 0.05) is 17.0 Å². The fourth-order valence-corrected chi connectivity index (χ4v) is 2.78. The summed E-state index contributed by atoms with van der Waals surface area (Å²) in [4.78, 5) is 16.3. The molecule has 0 aliphatic carbocycles. The van der Waals surface area contributed by atoms with Crippen molar-refractivity contribution in [1.29, 1.82) is 0 Å². The van der Waals surface area contributed by atoms with Crippen LogP contribution in [0.4, 0.5) is 10.3 Å². The van der Waals surface area contributed by atoms with Gasteiger partial charge in [0.2, 0.25) is 11.9 Å². The molecular formula is C19H18ClFN4O2. The van der Waals surface area contributed by atoms with Gasteiger partial charge in [-0.05, 0) is 36.2 Å². The van der Waals surface area contributed by atoms with Crippen LogP contribution in [0, 0.1) is 5.82 Å². The zero-order valence-electron chi connectivity index (χ0n) is 14.6. The number of benzene rings is 2. The summed E-state index contributed by atoms with van der Waals surface area (Å²) in [7, 11) is 1.62. The van der Waals surface area contributed by atoms with E-state index in [4.69, 9.17) is 16.3 Å². The number of anilines is 1. The van der Waals surface area contributed by atoms with Gasteiger partial charge in [-0.1, -0.05) is 29.8 Å². The predicted octanol–water partition coefficient (Wildman–Crippen LogP) is 3.57. The average Bonchev–Trinajstić information content (AvgIpc) is 3.11. The fraction of sp³-hybridized carbons (Fsp3) is 0.211. The molecule has 2 N–H and O–H groups in total. The van der Waals surface area contributed by atoms with E-state index in [1.807, 2.05) is 24.3 Å². The molecule has 0 fully saturated rings. The molecule has 140 valence electrons. The minimum absolute atomic E-state index is 0.145. The molecule has 0 radical (unpaired) electrons. The predicted molar refractivity (Wildman–Crippen MR) is 101 cm³/mol. The van der Waals surface area contributed by atoms with E-state index >= 15 is 0 Å². The third kappa shape index (κ3) is 5.04. The molecule has 0 bridgehead atoms. The van der Waals surface area contributed by atoms with Crippen molar-refractivity contribution in [2.75, 3.05) is 12.4 Å². The number of nitrogens with one attached hydrogen (secondary N) is 2. The van der Waals surface area contributed by atoms with Crippen molar-refractivity contribution in [2.45, 2.75) is 19.3 Å². The molecule has 0 saturated heterocycles. The second kappa shape index (κ2) is 8.64. The molecule has 0 saturated carbocycles. The van der Waals surface area contributed by atoms with Gasteiger partial charge < -0.3 is 4.74 Å². The third-order valence-electron chi connectivity index (χ3n) is 3.99. The van der Waals surface area contributed by atoms with Crippen molar-refractivity contribution in [3.8, 4) is 5.75 Å². The van der Waals surface area contributed by atoms with Gasteiger partial charge >= 0.3 is 0 Å². The Labute approximate surface area is 160 Å². The number of aromatic amines is 1. The lowest BCUT2D eigenvalue weighted by Crippen LogP contribution is -2.16. The molecule has 0 aliphatic rings. The van der Waals surface area contributed by atoms with Crippen molar-refractivity contribution < 1.29 is 13.9 Å². The lowest BCUT2D eigenvalue weighted by molar-refractivity contribution is -0.115. The maximum absolute atomic E-state index is 13.8. The Kier molecular flexibility index (Phi) is 6.03. The van der Waals surface area contributed by atoms with Crippen LogP contribution in [-0.4, -0.2) is 28.2 Å². The van der Waals surface area contributed by atoms with Crippen LogP contribution in [0.25, 0.3) is 0 Å². The number of hydrogen-bond donors (Lipinski definition) is 2. The Hall–Kier alpha value is -2.93. The Morgan fingerprint density at radius 1 is 1.22 bits per heavy atom. The minimum Gasteiger partial charge on any atom is -0.497 e. The number of halogens is 2. The van der Waals surface area contributed by atoms with E-state index in [0.717, 1.165) is 17.7 Å². The van der Waals surface area contributed by atoms with E-state index in [2.05, 4.69) is 20.5 Å². The van der Waals surface area contributed by atoms with Crippen LogP contribution in [0.3, 0.4) is 0 Å². The van der Waals surface area contributed by atoms with Gasteiger partial charge in [-0.25, -0.2) is 4.39 Å². The first-order chi connectivity index (χ1) is 13.0. The Morgan fingerprint density at radius 2 is 2.00 bits per heavy atom. The number of nitrogens with zero attached hydrogens (tertiary/aromatic N) is 2. The van der Waals surface area contributed by atoms with Crippen LogP contribution in [-0.2, 0) is 24.1 Å². The van der Waals surface area contributed by atoms with Crippen LogP contribution in [0.5, 0.6) is 5.75 Å². The van der Waals surface area contributed by atoms with E-state index in [-0.39, 0.29) is 23.0 Å². The van der Waals surface area contributed by atoms with Gasteiger partial charge in [-0.2, -0.15) is 4.98 Å². The van der Waals surface area contributed by atoms with E-state index < -0.39 is 11.7 Å². The quantitative estimate of drug-likeness (QED) is 0.648. The molecule has 8 heteroatoms. The molecule has 0 unspecified atom stereocenters. The van der Waals surface area contributed by atoms with Gasteiger partial charge in [0.25, 0.3) is 0 Å². The molecule has 1 amide bonds. The molecule has 3 rings (SSSR count). The fourth-order valence-electron chi connectivity index (χ4n) is 2.55. The van der Waals surface area contributed by atoms with Gasteiger partial charge in [-0.15, -0.1) is 5.10 Å². The summed E-state index contributed by atoms with van der Waals surface area (Å²) in [6.45, 7) is 0. The number of aromatic nitrogens is 3. The molecule has 0 spiro atoms. The first kappa shape index (κ1) is 18.8. The van der Waals surface area contributed by atoms with E-state index in [1.54, 1.807) is 7.11 Å². The summed E-state index contributed by atoms with van der Waals surface area (Å²) in [5.41, 5.74) is 1.28. The molecule has 3 aromatic rings. The van der Waals surface area contributed by atoms with Gasteiger partial charge in [-0.3, -0.25) is 15.2 Å². The smallest absolute Gasteiger partial charge is 0.248 e. The van der Waals surface area contributed by atoms with Crippen molar-refractivity contribution in [1.82, 2.24) is 15.2 Å². The molecule has 2 aromatic carbocycles. The first-order valence-corrected chi connectivity index (χ1v) is 8.70. The van der Waals surface area contributed by atoms with E-state index in [0.29, 0.717) is 12.2 Å². The van der Waals surface area contributed by atoms with Crippen molar-refractivity contribution in [3.63, 3.8) is 0 Å². The molecule has 1 aromatic heterocycles. The highest BCUT2D eigenvalue weighted by Crippen LogP contribution is 2.20. The second-order valence-corrected chi connectivity index (χ2v) is 6.29. The number of rotatable bonds is 7. The number of aryl methyl sites for hydroxylation is 2. The van der Waals surface area contributed by atoms with Gasteiger partial charge in [0.05, 0.1) is 13.5 Å². The first-order valence-electron chi connectivity index (χ1n) is 8.32. The van der Waals surface area contributed by atoms with Crippen molar-refractivity contribution in [3.05, 3.63) is 70.3 Å². The maximum atomic E-state index is 13.8. The van der Waals surface area contributed by atoms with E-state index in [1.165, 1.54) is 18.2 Å². The van der Waals surface area contributed by atoms with Crippen molar-refractivity contribution in [2.24, 2.45) is 0 Å². The average molecular weight is 389 g/mol. The SMILES string of the molecule is COc1ccc(CCc2nc(NC(=O)Cc3c(F)cccc3Cl)n[nH]2)cc1. The highest BCUT2D eigenvalue weighted by Gasteiger charge is 2.14. The Balaban J connectivity index is 1.54. The third-order valence-corrected chi connectivity index (χ3v) is 4.35. The Morgan fingerprint density at radius 3 is 2.70 bits per heavy atom. The summed E-state index contributed by atoms with van der Waals surface area (Å²) in [5, 5.41) is 9.51. The van der Waals surface area contributed by atoms with Crippen molar-refractivity contribution >= 4 is 23.5 Å². The number of methoxy groups -OCH3 is 1. The standard InChI is InChI=1S/C19H18ClFN4O2/c1-27-13-8-5-12(6-9-13)7-10-17-22-19(25-24-17)23-18(26)11-14-15(20)3-2-4-16(14)21/h2-6,8-9H,7,10-11H2,1H3,(H2,22,23,24,25,26). The Bertz CT molecular complexity index is 907. The number of carbonyl (C=O) groups is 1. The molecule has 27 heavy (non-hydrogen) atoms. The van der Waals surface area contributed by atoms with E-state index in [9.17, 15) is 9.18 Å². The lowest BCUT2D eigenvalue weighted by atomic mass is 10.1. The highest BCUT2D eigenvalue weighted by atomic mass is 35.5. The topological polar surface area (TPSA) is 79.9 Å². The second-order valence-electron chi connectivity index (χ2n) is 5.88. The summed E-state index contributed by atoms with van der Waals surface area (Å²) in [5.74, 6) is 0.635. The minimum atomic E-state index is -0.521. The zero-order valence-corrected chi connectivity index (χ0v) is 15.4. The monoisotopic (exact) mass is 388 g/mol. The highest BCUT2D eigenvalue weighted by molar-refractivity contribution is 6.31. The summed E-state index contributed by atoms with van der Waals surface area (Å²) in [6, 6.07) is 12.1. The largest absolute Gasteiger partial charge is 0.497 e. The molecular weight excluding hydrogens is 371 g/mol. The van der Waals surface area contributed by atoms with Crippen LogP contribution in [0.15, 0.2) is 42.5 Å². The number of H-pyrrole nitrogens is 1. The van der Waals surface area contributed by atoms with Crippen LogP contribution in [0.2, 0.25) is 5.02 Å². The number of amides is 1. The van der Waals surface area contributed by atoms with Gasteiger partial charge in [0.1, 0.15) is 17.4 Å². The van der Waals surface area contributed by atoms with Crippen LogP contribution >= 0.6 is 11.6 Å². The number of hydrogen-bond acceptors (Lipinski definition) is 4. The molecule has 1 heterocycles. The number of ether oxygens (including phenoxy) is 1. The molecule has 0 aliphatic heterocycles. The summed E-state index contributed by atoms with van der Waals surface area (Å²) < 4.78 is 18.9. The summed E-state index contributed by atoms with van der Waals surface area (Å²) in [6.07, 6.45) is 1.20. The number of carbonyl (C=O) groups excluding carboxylic acids is 1. The van der Waals surface area contributed by atoms with Crippen LogP contribution in [0.1, 0.15) is 17.0 Å². The van der Waals surface area contributed by atoms with Crippen LogP contribution < -0.4 is 10.1 Å². The molecule has 0 atom stereocenters. The normalized spacial score (nSPS) is 10.6.